The Balaban J connectivity index is 2.50. The van der Waals surface area contributed by atoms with Crippen LogP contribution in [0.5, 0.6) is 0 Å². The van der Waals surface area contributed by atoms with E-state index in [0.29, 0.717) is 6.07 Å². The van der Waals surface area contributed by atoms with Crippen molar-refractivity contribution in [2.45, 2.75) is 18.7 Å². The molecule has 6 nitrogen and oxygen atoms in total. The molecule has 0 heterocycles. The van der Waals surface area contributed by atoms with E-state index in [4.69, 9.17) is 0 Å². The molecule has 2 aromatic rings. The summed E-state index contributed by atoms with van der Waals surface area (Å²) in [5.41, 5.74) is 0.130. The Hall–Kier alpha value is -2.48. The predicted molar refractivity (Wildman–Crippen MR) is 79.8 cm³/mol. The van der Waals surface area contributed by atoms with E-state index < -0.39 is 26.5 Å². The van der Waals surface area contributed by atoms with Gasteiger partial charge in [0, 0.05) is 0 Å². The van der Waals surface area contributed by atoms with Crippen LogP contribution in [0.4, 0.5) is 15.8 Å². The predicted octanol–water partition coefficient (Wildman–Crippen LogP) is 3.15. The Kier molecular flexibility index (Phi) is 4.14. The van der Waals surface area contributed by atoms with E-state index in [2.05, 4.69) is 4.72 Å². The number of aryl methyl sites for hydroxylation is 2. The van der Waals surface area contributed by atoms with Gasteiger partial charge in [0.25, 0.3) is 15.7 Å². The number of nitro benzene ring substituents is 1. The lowest BCUT2D eigenvalue weighted by Gasteiger charge is -2.11. The number of nitrogens with one attached hydrogen (secondary N) is 1. The van der Waals surface area contributed by atoms with E-state index in [1.54, 1.807) is 19.1 Å². The molecular formula is C14H13FN2O4S. The molecule has 0 radical (unpaired) electrons. The molecule has 0 amide bonds. The molecule has 0 saturated heterocycles. The van der Waals surface area contributed by atoms with E-state index in [9.17, 15) is 22.9 Å². The van der Waals surface area contributed by atoms with E-state index in [1.165, 1.54) is 19.1 Å². The van der Waals surface area contributed by atoms with Crippen LogP contribution in [0.25, 0.3) is 0 Å². The fourth-order valence-electron chi connectivity index (χ4n) is 1.91. The third-order valence-corrected chi connectivity index (χ3v) is 4.41. The first-order valence-electron chi connectivity index (χ1n) is 6.25. The molecule has 0 atom stereocenters. The van der Waals surface area contributed by atoms with E-state index in [-0.39, 0.29) is 16.1 Å². The first kappa shape index (κ1) is 15.9. The van der Waals surface area contributed by atoms with Crippen LogP contribution < -0.4 is 4.72 Å². The van der Waals surface area contributed by atoms with Gasteiger partial charge in [0.1, 0.15) is 11.5 Å². The van der Waals surface area contributed by atoms with Crippen LogP contribution in [0, 0.1) is 29.8 Å². The molecule has 0 saturated carbocycles. The molecule has 22 heavy (non-hydrogen) atoms. The molecule has 2 aromatic carbocycles. The van der Waals surface area contributed by atoms with Crippen LogP contribution >= 0.6 is 0 Å². The summed E-state index contributed by atoms with van der Waals surface area (Å²) in [6.45, 7) is 3.20. The van der Waals surface area contributed by atoms with Gasteiger partial charge in [-0.3, -0.25) is 14.8 Å². The highest BCUT2D eigenvalue weighted by Crippen LogP contribution is 2.31. The molecule has 0 aromatic heterocycles. The first-order chi connectivity index (χ1) is 10.2. The van der Waals surface area contributed by atoms with Crippen molar-refractivity contribution in [2.24, 2.45) is 0 Å². The summed E-state index contributed by atoms with van der Waals surface area (Å²) in [7, 11) is -4.00. The van der Waals surface area contributed by atoms with Crippen LogP contribution in [0.2, 0.25) is 0 Å². The highest BCUT2D eigenvalue weighted by Gasteiger charge is 2.23. The molecule has 0 bridgehead atoms. The summed E-state index contributed by atoms with van der Waals surface area (Å²) in [5.74, 6) is -0.803. The fraction of sp³-hybridized carbons (Fsp3) is 0.143. The summed E-state index contributed by atoms with van der Waals surface area (Å²) in [4.78, 5) is 10.1. The number of hydrogen-bond acceptors (Lipinski definition) is 4. The number of rotatable bonds is 4. The van der Waals surface area contributed by atoms with Gasteiger partial charge < -0.3 is 0 Å². The lowest BCUT2D eigenvalue weighted by molar-refractivity contribution is -0.384. The van der Waals surface area contributed by atoms with Crippen molar-refractivity contribution in [2.75, 3.05) is 4.72 Å². The Morgan fingerprint density at radius 1 is 1.14 bits per heavy atom. The smallest absolute Gasteiger partial charge is 0.273 e. The Morgan fingerprint density at radius 3 is 2.27 bits per heavy atom. The Labute approximate surface area is 126 Å². The number of nitrogens with zero attached hydrogens (tertiary/aromatic N) is 1. The molecule has 8 heteroatoms. The van der Waals surface area contributed by atoms with E-state index in [1.807, 2.05) is 0 Å². The van der Waals surface area contributed by atoms with Gasteiger partial charge in [0.15, 0.2) is 0 Å². The summed E-state index contributed by atoms with van der Waals surface area (Å²) in [5, 5.41) is 11.0. The van der Waals surface area contributed by atoms with Gasteiger partial charge in [-0.25, -0.2) is 12.8 Å². The quantitative estimate of drug-likeness (QED) is 0.691. The van der Waals surface area contributed by atoms with Gasteiger partial charge in [0.05, 0.1) is 15.9 Å². The van der Waals surface area contributed by atoms with E-state index in [0.717, 1.165) is 11.6 Å². The maximum Gasteiger partial charge on any atom is 0.296 e. The van der Waals surface area contributed by atoms with Crippen molar-refractivity contribution in [1.29, 1.82) is 0 Å². The minimum absolute atomic E-state index is 0.0314. The van der Waals surface area contributed by atoms with Crippen molar-refractivity contribution in [3.63, 3.8) is 0 Å². The number of anilines is 1. The van der Waals surface area contributed by atoms with Crippen molar-refractivity contribution < 1.29 is 17.7 Å². The van der Waals surface area contributed by atoms with Crippen molar-refractivity contribution in [1.82, 2.24) is 0 Å². The molecule has 2 rings (SSSR count). The number of halogens is 1. The standard InChI is InChI=1S/C14H13FN2O4S/c1-9-3-5-12(6-4-9)22(20,21)16-14-10(2)7-11(15)8-13(14)17(18)19/h3-8,16H,1-2H3. The van der Waals surface area contributed by atoms with Crippen molar-refractivity contribution >= 4 is 21.4 Å². The molecule has 0 aliphatic rings. The second-order valence-electron chi connectivity index (χ2n) is 4.79. The second-order valence-corrected chi connectivity index (χ2v) is 6.47. The lowest BCUT2D eigenvalue weighted by atomic mass is 10.2. The molecule has 0 fully saturated rings. The van der Waals surface area contributed by atoms with Gasteiger partial charge in [-0.1, -0.05) is 17.7 Å². The monoisotopic (exact) mass is 324 g/mol. The summed E-state index contributed by atoms with van der Waals surface area (Å²) in [6.07, 6.45) is 0. The highest BCUT2D eigenvalue weighted by atomic mass is 32.2. The molecule has 116 valence electrons. The molecular weight excluding hydrogens is 311 g/mol. The van der Waals surface area contributed by atoms with Crippen LogP contribution in [0.15, 0.2) is 41.3 Å². The average molecular weight is 324 g/mol. The van der Waals surface area contributed by atoms with Crippen molar-refractivity contribution in [3.8, 4) is 0 Å². The Bertz CT molecular complexity index is 833. The van der Waals surface area contributed by atoms with E-state index >= 15 is 0 Å². The van der Waals surface area contributed by atoms with Gasteiger partial charge in [-0.15, -0.1) is 0 Å². The second kappa shape index (κ2) is 5.72. The molecule has 0 spiro atoms. The maximum atomic E-state index is 13.3. The number of nitro groups is 1. The molecule has 1 N–H and O–H groups in total. The number of sulfonamides is 1. The number of hydrogen-bond donors (Lipinski definition) is 1. The zero-order valence-corrected chi connectivity index (χ0v) is 12.6. The zero-order valence-electron chi connectivity index (χ0n) is 11.8. The maximum absolute atomic E-state index is 13.3. The van der Waals surface area contributed by atoms with Gasteiger partial charge in [-0.2, -0.15) is 0 Å². The zero-order chi connectivity index (χ0) is 16.5. The third kappa shape index (κ3) is 3.22. The summed E-state index contributed by atoms with van der Waals surface area (Å²) >= 11 is 0. The van der Waals surface area contributed by atoms with Gasteiger partial charge in [-0.05, 0) is 37.6 Å². The third-order valence-electron chi connectivity index (χ3n) is 3.04. The average Bonchev–Trinajstić information content (AvgIpc) is 2.41. The van der Waals surface area contributed by atoms with Crippen LogP contribution in [0.3, 0.4) is 0 Å². The molecule has 0 unspecified atom stereocenters. The first-order valence-corrected chi connectivity index (χ1v) is 7.73. The highest BCUT2D eigenvalue weighted by molar-refractivity contribution is 7.92. The minimum Gasteiger partial charge on any atom is -0.273 e. The van der Waals surface area contributed by atoms with Crippen LogP contribution in [-0.2, 0) is 10.0 Å². The summed E-state index contributed by atoms with van der Waals surface area (Å²) in [6, 6.07) is 7.71. The molecule has 0 aliphatic carbocycles. The molecule has 0 aliphatic heterocycles. The lowest BCUT2D eigenvalue weighted by Crippen LogP contribution is -2.15. The Morgan fingerprint density at radius 2 is 1.73 bits per heavy atom. The largest absolute Gasteiger partial charge is 0.296 e. The van der Waals surface area contributed by atoms with Crippen LogP contribution in [-0.4, -0.2) is 13.3 Å². The van der Waals surface area contributed by atoms with Gasteiger partial charge in [0.2, 0.25) is 0 Å². The number of benzene rings is 2. The minimum atomic E-state index is -4.00. The fourth-order valence-corrected chi connectivity index (χ4v) is 3.06. The summed E-state index contributed by atoms with van der Waals surface area (Å²) < 4.78 is 40.0. The van der Waals surface area contributed by atoms with Crippen molar-refractivity contribution in [3.05, 3.63) is 63.5 Å². The SMILES string of the molecule is Cc1ccc(S(=O)(=O)Nc2c(C)cc(F)cc2[N+](=O)[O-])cc1. The topological polar surface area (TPSA) is 89.3 Å². The normalized spacial score (nSPS) is 11.2. The van der Waals surface area contributed by atoms with Gasteiger partial charge >= 0.3 is 0 Å². The van der Waals surface area contributed by atoms with Crippen LogP contribution in [0.1, 0.15) is 11.1 Å².